The molecule has 0 atom stereocenters. The van der Waals surface area contributed by atoms with E-state index < -0.39 is 23.7 Å². The molecule has 2 amide bonds. The summed E-state index contributed by atoms with van der Waals surface area (Å²) >= 11 is 0. The van der Waals surface area contributed by atoms with Crippen molar-refractivity contribution in [3.63, 3.8) is 0 Å². The molecule has 3 rings (SSSR count). The van der Waals surface area contributed by atoms with Gasteiger partial charge in [0.05, 0.1) is 17.4 Å². The van der Waals surface area contributed by atoms with Crippen LogP contribution < -0.4 is 15.0 Å². The first-order valence-corrected chi connectivity index (χ1v) is 8.69. The third kappa shape index (κ3) is 5.13. The summed E-state index contributed by atoms with van der Waals surface area (Å²) in [5.74, 6) is -0.575. The Labute approximate surface area is 169 Å². The van der Waals surface area contributed by atoms with Crippen molar-refractivity contribution in [2.45, 2.75) is 6.18 Å². The highest BCUT2D eigenvalue weighted by molar-refractivity contribution is 6.04. The van der Waals surface area contributed by atoms with Crippen molar-refractivity contribution in [3.05, 3.63) is 84.1 Å². The van der Waals surface area contributed by atoms with Crippen LogP contribution in [0.4, 0.5) is 29.3 Å². The number of alkyl halides is 3. The van der Waals surface area contributed by atoms with E-state index in [1.165, 1.54) is 23.2 Å². The molecule has 0 saturated heterocycles. The monoisotopic (exact) mass is 415 g/mol. The van der Waals surface area contributed by atoms with Crippen LogP contribution in [-0.2, 0) is 6.18 Å². The fraction of sp³-hybridized carbons (Fsp3) is 0.0952. The molecule has 9 heteroatoms. The largest absolute Gasteiger partial charge is 0.420 e. The van der Waals surface area contributed by atoms with Gasteiger partial charge in [-0.25, -0.2) is 9.78 Å². The highest BCUT2D eigenvalue weighted by atomic mass is 19.4. The van der Waals surface area contributed by atoms with Gasteiger partial charge in [-0.1, -0.05) is 18.2 Å². The van der Waals surface area contributed by atoms with Gasteiger partial charge in [0, 0.05) is 24.4 Å². The molecular formula is C21H16F3N3O3. The maximum Gasteiger partial charge on any atom is 0.420 e. The summed E-state index contributed by atoms with van der Waals surface area (Å²) in [5.41, 5.74) is 0.148. The van der Waals surface area contributed by atoms with E-state index in [4.69, 9.17) is 4.74 Å². The number of nitrogens with zero attached hydrogens (tertiary/aromatic N) is 2. The summed E-state index contributed by atoms with van der Waals surface area (Å²) in [4.78, 5) is 29.6. The molecule has 0 aliphatic rings. The second-order valence-electron chi connectivity index (χ2n) is 6.18. The molecule has 1 aromatic heterocycles. The maximum absolute atomic E-state index is 12.6. The third-order valence-corrected chi connectivity index (χ3v) is 4.08. The van der Waals surface area contributed by atoms with Crippen LogP contribution in [0, 0.1) is 0 Å². The van der Waals surface area contributed by atoms with Crippen molar-refractivity contribution in [2.75, 3.05) is 17.3 Å². The minimum absolute atomic E-state index is 0.0234. The molecule has 30 heavy (non-hydrogen) atoms. The molecule has 0 unspecified atom stereocenters. The number of pyridine rings is 1. The number of hydrogen-bond acceptors (Lipinski definition) is 4. The van der Waals surface area contributed by atoms with Crippen molar-refractivity contribution in [2.24, 2.45) is 0 Å². The molecule has 1 heterocycles. The number of nitrogens with one attached hydrogen (secondary N) is 1. The van der Waals surface area contributed by atoms with Crippen LogP contribution in [0.15, 0.2) is 72.9 Å². The predicted molar refractivity (Wildman–Crippen MR) is 105 cm³/mol. The van der Waals surface area contributed by atoms with Gasteiger partial charge < -0.3 is 10.1 Å². The van der Waals surface area contributed by atoms with Crippen molar-refractivity contribution in [1.82, 2.24) is 4.98 Å². The lowest BCUT2D eigenvalue weighted by atomic mass is 10.1. The average Bonchev–Trinajstić information content (AvgIpc) is 2.74. The lowest BCUT2D eigenvalue weighted by Gasteiger charge is -2.16. The smallest absolute Gasteiger partial charge is 0.391 e. The summed E-state index contributed by atoms with van der Waals surface area (Å²) in [5, 5.41) is 2.51. The van der Waals surface area contributed by atoms with E-state index in [1.807, 2.05) is 6.07 Å². The number of hydrogen-bond donors (Lipinski definition) is 1. The Morgan fingerprint density at radius 2 is 1.63 bits per heavy atom. The summed E-state index contributed by atoms with van der Waals surface area (Å²) in [6.07, 6.45) is -3.84. The van der Waals surface area contributed by atoms with E-state index in [0.717, 1.165) is 24.3 Å². The Morgan fingerprint density at radius 3 is 2.20 bits per heavy atom. The molecule has 6 nitrogen and oxygen atoms in total. The number of rotatable bonds is 4. The van der Waals surface area contributed by atoms with Crippen molar-refractivity contribution < 1.29 is 27.5 Å². The summed E-state index contributed by atoms with van der Waals surface area (Å²) in [6, 6.07) is 15.6. The van der Waals surface area contributed by atoms with Gasteiger partial charge >= 0.3 is 12.3 Å². The molecule has 3 aromatic rings. The average molecular weight is 415 g/mol. The van der Waals surface area contributed by atoms with Gasteiger partial charge in [-0.15, -0.1) is 0 Å². The Bertz CT molecular complexity index is 1020. The highest BCUT2D eigenvalue weighted by Gasteiger charge is 2.30. The first-order valence-electron chi connectivity index (χ1n) is 8.69. The number of amides is 2. The van der Waals surface area contributed by atoms with Crippen molar-refractivity contribution >= 4 is 23.4 Å². The zero-order chi connectivity index (χ0) is 21.7. The molecular weight excluding hydrogens is 399 g/mol. The third-order valence-electron chi connectivity index (χ3n) is 4.08. The van der Waals surface area contributed by atoms with Crippen LogP contribution in [0.5, 0.6) is 5.88 Å². The molecule has 1 N–H and O–H groups in total. The zero-order valence-electron chi connectivity index (χ0n) is 15.7. The van der Waals surface area contributed by atoms with Crippen LogP contribution in [0.25, 0.3) is 0 Å². The minimum Gasteiger partial charge on any atom is -0.391 e. The molecule has 2 aromatic carbocycles. The van der Waals surface area contributed by atoms with Crippen LogP contribution in [-0.4, -0.2) is 24.0 Å². The summed E-state index contributed by atoms with van der Waals surface area (Å²) in [6.45, 7) is 0. The number of benzene rings is 2. The van der Waals surface area contributed by atoms with E-state index in [2.05, 4.69) is 10.3 Å². The standard InChI is InChI=1S/C21H16F3N3O3/c1-27(17-5-3-2-4-6-17)20(29)30-18-12-11-16(13-25-18)26-19(28)14-7-9-15(10-8-14)21(22,23)24/h2-13H,1H3,(H,26,28). The fourth-order valence-electron chi connectivity index (χ4n) is 2.44. The molecule has 154 valence electrons. The lowest BCUT2D eigenvalue weighted by Crippen LogP contribution is -2.29. The summed E-state index contributed by atoms with van der Waals surface area (Å²) < 4.78 is 43.0. The highest BCUT2D eigenvalue weighted by Crippen LogP contribution is 2.29. The second kappa shape index (κ2) is 8.64. The van der Waals surface area contributed by atoms with Gasteiger partial charge in [0.15, 0.2) is 0 Å². The van der Waals surface area contributed by atoms with Crippen molar-refractivity contribution in [3.8, 4) is 5.88 Å². The van der Waals surface area contributed by atoms with E-state index in [9.17, 15) is 22.8 Å². The lowest BCUT2D eigenvalue weighted by molar-refractivity contribution is -0.137. The Hall–Kier alpha value is -3.88. The van der Waals surface area contributed by atoms with Crippen LogP contribution in [0.3, 0.4) is 0 Å². The number of para-hydroxylation sites is 1. The molecule has 0 radical (unpaired) electrons. The number of carbonyl (C=O) groups is 2. The normalized spacial score (nSPS) is 10.9. The number of anilines is 2. The topological polar surface area (TPSA) is 71.5 Å². The first kappa shape index (κ1) is 20.8. The van der Waals surface area contributed by atoms with Crippen LogP contribution in [0.2, 0.25) is 0 Å². The van der Waals surface area contributed by atoms with Gasteiger partial charge in [0.25, 0.3) is 5.91 Å². The second-order valence-corrected chi connectivity index (χ2v) is 6.18. The molecule has 0 spiro atoms. The van der Waals surface area contributed by atoms with Crippen molar-refractivity contribution in [1.29, 1.82) is 0 Å². The van der Waals surface area contributed by atoms with Gasteiger partial charge in [-0.3, -0.25) is 9.69 Å². The van der Waals surface area contributed by atoms with Gasteiger partial charge in [-0.2, -0.15) is 13.2 Å². The number of ether oxygens (including phenoxy) is 1. The number of carbonyl (C=O) groups excluding carboxylic acids is 2. The van der Waals surface area contributed by atoms with E-state index in [-0.39, 0.29) is 17.1 Å². The number of halogens is 3. The van der Waals surface area contributed by atoms with Gasteiger partial charge in [0.1, 0.15) is 0 Å². The Kier molecular flexibility index (Phi) is 6.01. The van der Waals surface area contributed by atoms with E-state index in [1.54, 1.807) is 31.3 Å². The first-order chi connectivity index (χ1) is 14.2. The maximum atomic E-state index is 12.6. The summed E-state index contributed by atoms with van der Waals surface area (Å²) in [7, 11) is 1.55. The van der Waals surface area contributed by atoms with Gasteiger partial charge in [-0.05, 0) is 42.5 Å². The molecule has 0 saturated carbocycles. The van der Waals surface area contributed by atoms with Crippen LogP contribution >= 0.6 is 0 Å². The van der Waals surface area contributed by atoms with Gasteiger partial charge in [0.2, 0.25) is 5.88 Å². The molecule has 0 aliphatic heterocycles. The predicted octanol–water partition coefficient (Wildman–Crippen LogP) is 4.99. The molecule has 0 bridgehead atoms. The minimum atomic E-state index is -4.47. The Morgan fingerprint density at radius 1 is 0.967 bits per heavy atom. The SMILES string of the molecule is CN(C(=O)Oc1ccc(NC(=O)c2ccc(C(F)(F)F)cc2)cn1)c1ccccc1. The molecule has 0 aliphatic carbocycles. The zero-order valence-corrected chi connectivity index (χ0v) is 15.7. The Balaban J connectivity index is 1.60. The quantitative estimate of drug-likeness (QED) is 0.652. The van der Waals surface area contributed by atoms with E-state index in [0.29, 0.717) is 5.69 Å². The van der Waals surface area contributed by atoms with Crippen LogP contribution in [0.1, 0.15) is 15.9 Å². The number of aromatic nitrogens is 1. The van der Waals surface area contributed by atoms with E-state index >= 15 is 0 Å². The molecule has 0 fully saturated rings. The fourth-order valence-corrected chi connectivity index (χ4v) is 2.44.